The molecule has 1 fully saturated rings. The van der Waals surface area contributed by atoms with E-state index in [4.69, 9.17) is 0 Å². The number of rotatable bonds is 3. The maximum Gasteiger partial charge on any atom is 0.253 e. The molecule has 16 heavy (non-hydrogen) atoms. The van der Waals surface area contributed by atoms with Crippen molar-refractivity contribution in [2.24, 2.45) is 5.92 Å². The molecule has 2 unspecified atom stereocenters. The van der Waals surface area contributed by atoms with Crippen LogP contribution in [-0.2, 0) is 0 Å². The van der Waals surface area contributed by atoms with Crippen LogP contribution in [0.4, 0.5) is 0 Å². The Bertz CT molecular complexity index is 335. The molecule has 0 spiro atoms. The second-order valence-corrected chi connectivity index (χ2v) is 4.41. The van der Waals surface area contributed by atoms with E-state index in [0.717, 1.165) is 25.7 Å². The van der Waals surface area contributed by atoms with Crippen molar-refractivity contribution in [2.45, 2.75) is 31.7 Å². The summed E-state index contributed by atoms with van der Waals surface area (Å²) in [6.07, 6.45) is 7.69. The summed E-state index contributed by atoms with van der Waals surface area (Å²) < 4.78 is 0. The molecule has 1 amide bonds. The van der Waals surface area contributed by atoms with Gasteiger partial charge in [0.2, 0.25) is 0 Å². The van der Waals surface area contributed by atoms with Crippen LogP contribution in [0.15, 0.2) is 18.5 Å². The third-order valence-corrected chi connectivity index (χ3v) is 3.32. The summed E-state index contributed by atoms with van der Waals surface area (Å²) in [5.74, 6) is 0.170. The van der Waals surface area contributed by atoms with Gasteiger partial charge in [0.1, 0.15) is 0 Å². The molecule has 4 heteroatoms. The van der Waals surface area contributed by atoms with Crippen LogP contribution in [0.2, 0.25) is 0 Å². The lowest BCUT2D eigenvalue weighted by Crippen LogP contribution is -2.43. The molecule has 1 aromatic heterocycles. The van der Waals surface area contributed by atoms with Gasteiger partial charge in [-0.25, -0.2) is 0 Å². The molecule has 0 aromatic carbocycles. The molecule has 1 aromatic rings. The number of aromatic amines is 1. The van der Waals surface area contributed by atoms with Crippen molar-refractivity contribution in [1.82, 2.24) is 10.3 Å². The topological polar surface area (TPSA) is 65.1 Å². The Morgan fingerprint density at radius 3 is 3.00 bits per heavy atom. The Morgan fingerprint density at radius 2 is 2.31 bits per heavy atom. The molecule has 1 heterocycles. The van der Waals surface area contributed by atoms with Crippen molar-refractivity contribution >= 4 is 5.91 Å². The monoisotopic (exact) mass is 222 g/mol. The smallest absolute Gasteiger partial charge is 0.253 e. The Kier molecular flexibility index (Phi) is 3.62. The minimum atomic E-state index is -0.0494. The second-order valence-electron chi connectivity index (χ2n) is 4.41. The fourth-order valence-electron chi connectivity index (χ4n) is 2.33. The molecule has 1 aliphatic rings. The molecular weight excluding hydrogens is 204 g/mol. The summed E-state index contributed by atoms with van der Waals surface area (Å²) in [5, 5.41) is 12.3. The molecule has 1 saturated carbocycles. The van der Waals surface area contributed by atoms with E-state index in [1.807, 2.05) is 0 Å². The molecule has 0 bridgehead atoms. The molecule has 0 aliphatic heterocycles. The standard InChI is InChI=1S/C12H18N2O2/c15-8-10-3-1-2-4-11(10)14-12(16)9-5-6-13-7-9/h5-7,10-11,13,15H,1-4,8H2,(H,14,16). The SMILES string of the molecule is O=C(NC1CCCCC1CO)c1cc[nH]c1. The van der Waals surface area contributed by atoms with Crippen LogP contribution in [0, 0.1) is 5.92 Å². The summed E-state index contributed by atoms with van der Waals surface area (Å²) in [4.78, 5) is 14.7. The van der Waals surface area contributed by atoms with Gasteiger partial charge in [0.05, 0.1) is 5.56 Å². The van der Waals surface area contributed by atoms with Gasteiger partial charge in [-0.05, 0) is 18.9 Å². The van der Waals surface area contributed by atoms with Crippen molar-refractivity contribution in [1.29, 1.82) is 0 Å². The number of carbonyl (C=O) groups is 1. The predicted molar refractivity (Wildman–Crippen MR) is 61.1 cm³/mol. The van der Waals surface area contributed by atoms with E-state index in [1.165, 1.54) is 0 Å². The van der Waals surface area contributed by atoms with Crippen molar-refractivity contribution in [3.63, 3.8) is 0 Å². The first kappa shape index (κ1) is 11.2. The first-order valence-electron chi connectivity index (χ1n) is 5.86. The average Bonchev–Trinajstić information content (AvgIpc) is 2.83. The Balaban J connectivity index is 1.95. The van der Waals surface area contributed by atoms with Gasteiger partial charge in [-0.1, -0.05) is 12.8 Å². The van der Waals surface area contributed by atoms with Gasteiger partial charge >= 0.3 is 0 Å². The van der Waals surface area contributed by atoms with Crippen LogP contribution in [0.5, 0.6) is 0 Å². The predicted octanol–water partition coefficient (Wildman–Crippen LogP) is 1.30. The highest BCUT2D eigenvalue weighted by atomic mass is 16.3. The van der Waals surface area contributed by atoms with Crippen LogP contribution in [0.3, 0.4) is 0 Å². The number of aliphatic hydroxyl groups is 1. The first-order valence-corrected chi connectivity index (χ1v) is 5.86. The fraction of sp³-hybridized carbons (Fsp3) is 0.583. The fourth-order valence-corrected chi connectivity index (χ4v) is 2.33. The number of nitrogens with one attached hydrogen (secondary N) is 2. The first-order chi connectivity index (χ1) is 7.81. The van der Waals surface area contributed by atoms with Crippen LogP contribution in [0.1, 0.15) is 36.0 Å². The number of carbonyl (C=O) groups excluding carboxylic acids is 1. The second kappa shape index (κ2) is 5.16. The van der Waals surface area contributed by atoms with Gasteiger partial charge in [0, 0.05) is 31.0 Å². The zero-order valence-electron chi connectivity index (χ0n) is 9.28. The zero-order valence-corrected chi connectivity index (χ0v) is 9.28. The van der Waals surface area contributed by atoms with Crippen LogP contribution >= 0.6 is 0 Å². The van der Waals surface area contributed by atoms with E-state index in [2.05, 4.69) is 10.3 Å². The average molecular weight is 222 g/mol. The summed E-state index contributed by atoms with van der Waals surface area (Å²) >= 11 is 0. The highest BCUT2D eigenvalue weighted by Crippen LogP contribution is 2.24. The van der Waals surface area contributed by atoms with Crippen molar-refractivity contribution < 1.29 is 9.90 Å². The number of hydrogen-bond acceptors (Lipinski definition) is 2. The van der Waals surface area contributed by atoms with Crippen LogP contribution in [-0.4, -0.2) is 28.6 Å². The maximum atomic E-state index is 11.8. The van der Waals surface area contributed by atoms with Gasteiger partial charge in [-0.15, -0.1) is 0 Å². The lowest BCUT2D eigenvalue weighted by Gasteiger charge is -2.30. The largest absolute Gasteiger partial charge is 0.396 e. The van der Waals surface area contributed by atoms with Gasteiger partial charge < -0.3 is 15.4 Å². The molecular formula is C12H18N2O2. The van der Waals surface area contributed by atoms with E-state index in [1.54, 1.807) is 18.5 Å². The van der Waals surface area contributed by atoms with Gasteiger partial charge in [-0.3, -0.25) is 4.79 Å². The Labute approximate surface area is 95.1 Å². The number of hydrogen-bond donors (Lipinski definition) is 3. The maximum absolute atomic E-state index is 11.8. The molecule has 88 valence electrons. The van der Waals surface area contributed by atoms with E-state index in [9.17, 15) is 9.90 Å². The lowest BCUT2D eigenvalue weighted by molar-refractivity contribution is 0.0873. The van der Waals surface area contributed by atoms with E-state index >= 15 is 0 Å². The van der Waals surface area contributed by atoms with E-state index < -0.39 is 0 Å². The van der Waals surface area contributed by atoms with Crippen LogP contribution < -0.4 is 5.32 Å². The molecule has 2 rings (SSSR count). The van der Waals surface area contributed by atoms with Gasteiger partial charge in [-0.2, -0.15) is 0 Å². The Hall–Kier alpha value is -1.29. The summed E-state index contributed by atoms with van der Waals surface area (Å²) in [6.45, 7) is 0.165. The quantitative estimate of drug-likeness (QED) is 0.721. The van der Waals surface area contributed by atoms with Crippen molar-refractivity contribution in [2.75, 3.05) is 6.61 Å². The van der Waals surface area contributed by atoms with Crippen molar-refractivity contribution in [3.8, 4) is 0 Å². The minimum Gasteiger partial charge on any atom is -0.396 e. The van der Waals surface area contributed by atoms with Crippen molar-refractivity contribution in [3.05, 3.63) is 24.0 Å². The highest BCUT2D eigenvalue weighted by molar-refractivity contribution is 5.94. The molecule has 3 N–H and O–H groups in total. The van der Waals surface area contributed by atoms with Gasteiger partial charge in [0.25, 0.3) is 5.91 Å². The third kappa shape index (κ3) is 2.44. The molecule has 4 nitrogen and oxygen atoms in total. The molecule has 0 saturated heterocycles. The van der Waals surface area contributed by atoms with E-state index in [-0.39, 0.29) is 24.5 Å². The third-order valence-electron chi connectivity index (χ3n) is 3.32. The lowest BCUT2D eigenvalue weighted by atomic mass is 9.85. The number of H-pyrrole nitrogens is 1. The molecule has 1 aliphatic carbocycles. The number of aromatic nitrogens is 1. The minimum absolute atomic E-state index is 0.0494. The summed E-state index contributed by atoms with van der Waals surface area (Å²) in [7, 11) is 0. The zero-order chi connectivity index (χ0) is 11.4. The Morgan fingerprint density at radius 1 is 1.50 bits per heavy atom. The number of aliphatic hydroxyl groups excluding tert-OH is 1. The highest BCUT2D eigenvalue weighted by Gasteiger charge is 2.26. The summed E-state index contributed by atoms with van der Waals surface area (Å²) in [6, 6.07) is 1.88. The molecule has 2 atom stereocenters. The van der Waals surface area contributed by atoms with Crippen LogP contribution in [0.25, 0.3) is 0 Å². The summed E-state index contributed by atoms with van der Waals surface area (Å²) in [5.41, 5.74) is 0.655. The molecule has 0 radical (unpaired) electrons. The van der Waals surface area contributed by atoms with E-state index in [0.29, 0.717) is 5.56 Å². The number of amides is 1. The normalized spacial score (nSPS) is 25.3. The van der Waals surface area contributed by atoms with Gasteiger partial charge in [0.15, 0.2) is 0 Å².